The van der Waals surface area contributed by atoms with Gasteiger partial charge in [0.1, 0.15) is 0 Å². The Balaban J connectivity index is 1.52. The third kappa shape index (κ3) is 6.35. The second-order valence-corrected chi connectivity index (χ2v) is 10.9. The van der Waals surface area contributed by atoms with Crippen molar-refractivity contribution in [3.63, 3.8) is 0 Å². The molecule has 0 saturated heterocycles. The Bertz CT molecular complexity index is 1950. The van der Waals surface area contributed by atoms with E-state index in [2.05, 4.69) is 133 Å². The third-order valence-electron chi connectivity index (χ3n) is 8.16. The van der Waals surface area contributed by atoms with Gasteiger partial charge in [0.25, 0.3) is 0 Å². The summed E-state index contributed by atoms with van der Waals surface area (Å²) in [6.45, 7) is 3.97. The summed E-state index contributed by atoms with van der Waals surface area (Å²) in [5.41, 5.74) is 11.6. The molecule has 0 saturated carbocycles. The average molecular weight is 569 g/mol. The van der Waals surface area contributed by atoms with E-state index >= 15 is 0 Å². The van der Waals surface area contributed by atoms with E-state index in [1.165, 1.54) is 33.0 Å². The van der Waals surface area contributed by atoms with Gasteiger partial charge in [0, 0.05) is 30.6 Å². The molecule has 1 aliphatic rings. The van der Waals surface area contributed by atoms with E-state index in [4.69, 9.17) is 4.99 Å². The maximum atomic E-state index is 4.86. The molecule has 214 valence electrons. The molecule has 0 radical (unpaired) electrons. The van der Waals surface area contributed by atoms with Gasteiger partial charge in [-0.1, -0.05) is 127 Å². The molecule has 6 rings (SSSR count). The number of fused-ring (bicyclic) bond motifs is 1. The number of hydrogen-bond acceptors (Lipinski definition) is 2. The van der Waals surface area contributed by atoms with Crippen LogP contribution in [-0.4, -0.2) is 17.7 Å². The van der Waals surface area contributed by atoms with Crippen LogP contribution >= 0.6 is 0 Å². The fourth-order valence-corrected chi connectivity index (χ4v) is 5.96. The van der Waals surface area contributed by atoms with Crippen molar-refractivity contribution in [3.05, 3.63) is 181 Å². The highest BCUT2D eigenvalue weighted by Gasteiger charge is 2.16. The largest absolute Gasteiger partial charge is 0.288 e. The Hall–Kier alpha value is -5.34. The van der Waals surface area contributed by atoms with Crippen LogP contribution in [0.25, 0.3) is 38.6 Å². The number of benzene rings is 4. The van der Waals surface area contributed by atoms with Gasteiger partial charge < -0.3 is 0 Å². The highest BCUT2D eigenvalue weighted by molar-refractivity contribution is 6.14. The molecule has 0 unspecified atom stereocenters. The Kier molecular flexibility index (Phi) is 8.99. The van der Waals surface area contributed by atoms with E-state index in [1.54, 1.807) is 0 Å². The quantitative estimate of drug-likeness (QED) is 0.104. The zero-order valence-electron chi connectivity index (χ0n) is 25.2. The summed E-state index contributed by atoms with van der Waals surface area (Å²) in [4.78, 5) is 9.22. The van der Waals surface area contributed by atoms with Crippen LogP contribution in [0.5, 0.6) is 0 Å². The number of aromatic nitrogens is 1. The van der Waals surface area contributed by atoms with Crippen LogP contribution in [0.4, 0.5) is 0 Å². The van der Waals surface area contributed by atoms with Gasteiger partial charge in [-0.05, 0) is 87.7 Å². The van der Waals surface area contributed by atoms with Crippen molar-refractivity contribution in [2.45, 2.75) is 19.3 Å². The van der Waals surface area contributed by atoms with Crippen LogP contribution in [-0.2, 0) is 0 Å². The zero-order chi connectivity index (χ0) is 30.1. The summed E-state index contributed by atoms with van der Waals surface area (Å²) in [6, 6.07) is 36.7. The van der Waals surface area contributed by atoms with Gasteiger partial charge >= 0.3 is 0 Å². The maximum absolute atomic E-state index is 4.86. The minimum absolute atomic E-state index is 0.935. The Labute approximate surface area is 260 Å². The van der Waals surface area contributed by atoms with E-state index in [-0.39, 0.29) is 0 Å². The van der Waals surface area contributed by atoms with Crippen LogP contribution in [0.2, 0.25) is 0 Å². The number of rotatable bonds is 8. The lowest BCUT2D eigenvalue weighted by atomic mass is 9.86. The van der Waals surface area contributed by atoms with Gasteiger partial charge in [0.05, 0.1) is 5.71 Å². The summed E-state index contributed by atoms with van der Waals surface area (Å²) in [6.07, 6.45) is 19.7. The smallest absolute Gasteiger partial charge is 0.0649 e. The van der Waals surface area contributed by atoms with Crippen molar-refractivity contribution in [1.82, 2.24) is 4.98 Å². The van der Waals surface area contributed by atoms with Gasteiger partial charge in [-0.25, -0.2) is 0 Å². The van der Waals surface area contributed by atoms with E-state index in [1.807, 2.05) is 37.7 Å². The van der Waals surface area contributed by atoms with Crippen LogP contribution in [0, 0.1) is 0 Å². The van der Waals surface area contributed by atoms with Crippen LogP contribution in [0.1, 0.15) is 30.4 Å². The number of pyridine rings is 1. The highest BCUT2D eigenvalue weighted by atomic mass is 14.7. The molecular weight excluding hydrogens is 532 g/mol. The lowest BCUT2D eigenvalue weighted by Gasteiger charge is -2.19. The van der Waals surface area contributed by atoms with E-state index in [9.17, 15) is 0 Å². The van der Waals surface area contributed by atoms with E-state index in [0.29, 0.717) is 0 Å². The normalized spacial score (nSPS) is 15.1. The monoisotopic (exact) mass is 568 g/mol. The number of hydrogen-bond donors (Lipinski definition) is 0. The molecule has 4 aromatic carbocycles. The molecule has 5 aromatic rings. The van der Waals surface area contributed by atoms with Crippen molar-refractivity contribution < 1.29 is 0 Å². The molecule has 1 heterocycles. The zero-order valence-corrected chi connectivity index (χ0v) is 25.2. The highest BCUT2D eigenvalue weighted by Crippen LogP contribution is 2.35. The topological polar surface area (TPSA) is 25.2 Å². The summed E-state index contributed by atoms with van der Waals surface area (Å²) in [5, 5.41) is 2.49. The first kappa shape index (κ1) is 28.8. The SMILES string of the molecule is C=C\C=C/C(C(=C\C(=NC)c1cccc(-c2cccc3ccccc23)c1)/c1cccc(-c2cccnc2)c1)=C1\CC=CCC1. The molecule has 1 aromatic heterocycles. The van der Waals surface area contributed by atoms with Gasteiger partial charge in [-0.2, -0.15) is 0 Å². The summed E-state index contributed by atoms with van der Waals surface area (Å²) in [5.74, 6) is 0. The number of nitrogens with zero attached hydrogens (tertiary/aromatic N) is 2. The number of allylic oxidation sites excluding steroid dienone is 9. The van der Waals surface area contributed by atoms with Crippen LogP contribution in [0.3, 0.4) is 0 Å². The molecule has 0 spiro atoms. The second-order valence-electron chi connectivity index (χ2n) is 10.9. The van der Waals surface area contributed by atoms with Crippen LogP contribution < -0.4 is 0 Å². The van der Waals surface area contributed by atoms with E-state index < -0.39 is 0 Å². The molecule has 0 fully saturated rings. The van der Waals surface area contributed by atoms with Gasteiger partial charge in [-0.15, -0.1) is 0 Å². The predicted molar refractivity (Wildman–Crippen MR) is 189 cm³/mol. The van der Waals surface area contributed by atoms with Crippen molar-refractivity contribution in [2.75, 3.05) is 7.05 Å². The fraction of sp³-hybridized carbons (Fsp3) is 0.0952. The average Bonchev–Trinajstić information content (AvgIpc) is 3.10. The molecule has 0 amide bonds. The van der Waals surface area contributed by atoms with Gasteiger partial charge in [0.2, 0.25) is 0 Å². The molecular formula is C42H36N2. The lowest BCUT2D eigenvalue weighted by molar-refractivity contribution is 0.893. The molecule has 1 aliphatic carbocycles. The maximum Gasteiger partial charge on any atom is 0.0649 e. The molecule has 44 heavy (non-hydrogen) atoms. The molecule has 0 N–H and O–H groups in total. The molecule has 0 atom stereocenters. The molecule has 2 heteroatoms. The molecule has 0 aliphatic heterocycles. The van der Waals surface area contributed by atoms with Gasteiger partial charge in [-0.3, -0.25) is 9.98 Å². The first-order chi connectivity index (χ1) is 21.7. The molecule has 2 nitrogen and oxygen atoms in total. The Morgan fingerprint density at radius 1 is 0.795 bits per heavy atom. The summed E-state index contributed by atoms with van der Waals surface area (Å²) < 4.78 is 0. The summed E-state index contributed by atoms with van der Waals surface area (Å²) in [7, 11) is 1.88. The first-order valence-electron chi connectivity index (χ1n) is 15.2. The minimum atomic E-state index is 0.935. The van der Waals surface area contributed by atoms with Crippen molar-refractivity contribution >= 4 is 22.1 Å². The van der Waals surface area contributed by atoms with E-state index in [0.717, 1.165) is 52.8 Å². The number of aliphatic imine (C=N–C) groups is 1. The standard InChI is InChI=1S/C42H36N2/c1-3-4-23-39(31-14-6-5-7-15-31)41(35-20-10-18-33(27-35)37-22-13-26-44-30-37)29-42(43-2)36-21-11-19-34(28-36)40-25-12-17-32-16-8-9-24-38(32)40/h3-6,8-13,16-30H,1,7,14-15H2,2H3/b23-4-,39-31-,41-29-,43-42?. The lowest BCUT2D eigenvalue weighted by Crippen LogP contribution is -2.03. The van der Waals surface area contributed by atoms with Crippen molar-refractivity contribution in [2.24, 2.45) is 4.99 Å². The minimum Gasteiger partial charge on any atom is -0.288 e. The Morgan fingerprint density at radius 3 is 2.36 bits per heavy atom. The second kappa shape index (κ2) is 13.8. The molecule has 0 bridgehead atoms. The van der Waals surface area contributed by atoms with Crippen molar-refractivity contribution in [3.8, 4) is 22.3 Å². The first-order valence-corrected chi connectivity index (χ1v) is 15.2. The third-order valence-corrected chi connectivity index (χ3v) is 8.16. The van der Waals surface area contributed by atoms with Crippen LogP contribution in [0.15, 0.2) is 175 Å². The van der Waals surface area contributed by atoms with Crippen molar-refractivity contribution in [1.29, 1.82) is 0 Å². The fourth-order valence-electron chi connectivity index (χ4n) is 5.96. The van der Waals surface area contributed by atoms with Gasteiger partial charge in [0.15, 0.2) is 0 Å². The predicted octanol–water partition coefficient (Wildman–Crippen LogP) is 10.9. The summed E-state index contributed by atoms with van der Waals surface area (Å²) >= 11 is 0. The Morgan fingerprint density at radius 2 is 1.57 bits per heavy atom.